The molecule has 6 atom stereocenters. The fourth-order valence-electron chi connectivity index (χ4n) is 8.36. The molecule has 0 radical (unpaired) electrons. The van der Waals surface area contributed by atoms with Gasteiger partial charge >= 0.3 is 29.2 Å². The smallest absolute Gasteiger partial charge is 0.482 e. The molecule has 83 heavy (non-hydrogen) atoms. The minimum atomic E-state index is -5.76. The third kappa shape index (κ3) is 47.3. The molecule has 1 aromatic heterocycles. The number of aliphatic hydroxyl groups is 2. The van der Waals surface area contributed by atoms with Gasteiger partial charge in [-0.1, -0.05) is 160 Å². The SMILES string of the molecule is CCCCN(CCCC)CCCC.CCCCN(CCCC)CCCC.CCCCN(CCCC)CCCC.CCCCN(CCCC)CCCC.COc1cc(=O)[nH]c(=O)n1[C@@H]1O[C@H](COP(=O)(O)OP(=O)(O)OP(=O)(O)O)[C@@H](O)[C@H]1O. The first-order chi connectivity index (χ1) is 39.4. The Morgan fingerprint density at radius 3 is 0.988 bits per heavy atom. The average molecular weight is 1260 g/mol. The lowest BCUT2D eigenvalue weighted by molar-refractivity contribution is -0.0570. The molecule has 2 heterocycles. The van der Waals surface area contributed by atoms with Crippen LogP contribution in [0.4, 0.5) is 0 Å². The molecule has 0 saturated carbocycles. The summed E-state index contributed by atoms with van der Waals surface area (Å²) >= 11 is 0. The highest BCUT2D eigenvalue weighted by Gasteiger charge is 2.47. The molecule has 7 N–H and O–H groups in total. The Hall–Kier alpha value is -1.39. The zero-order valence-corrected chi connectivity index (χ0v) is 57.1. The van der Waals surface area contributed by atoms with E-state index in [1.54, 1.807) is 0 Å². The van der Waals surface area contributed by atoms with Crippen LogP contribution in [0.25, 0.3) is 0 Å². The molecule has 498 valence electrons. The van der Waals surface area contributed by atoms with Crippen molar-refractivity contribution in [3.05, 3.63) is 26.9 Å². The van der Waals surface area contributed by atoms with Gasteiger partial charge in [0.1, 0.15) is 18.3 Å². The first kappa shape index (κ1) is 85.8. The third-order valence-corrected chi connectivity index (χ3v) is 17.3. The summed E-state index contributed by atoms with van der Waals surface area (Å²) in [6.07, 6.45) is 25.4. The fourth-order valence-corrected chi connectivity index (χ4v) is 11.4. The van der Waals surface area contributed by atoms with Crippen LogP contribution in [-0.4, -0.2) is 170 Å². The molecule has 1 aliphatic heterocycles. The summed E-state index contributed by atoms with van der Waals surface area (Å²) in [5.41, 5.74) is -1.93. The van der Waals surface area contributed by atoms with Gasteiger partial charge in [-0.15, -0.1) is 0 Å². The van der Waals surface area contributed by atoms with Crippen LogP contribution in [-0.2, 0) is 31.6 Å². The number of methoxy groups -OCH3 is 1. The van der Waals surface area contributed by atoms with Crippen molar-refractivity contribution in [3.8, 4) is 5.88 Å². The number of aliphatic hydroxyl groups excluding tert-OH is 2. The van der Waals surface area contributed by atoms with Gasteiger partial charge < -0.3 is 58.9 Å². The van der Waals surface area contributed by atoms with Crippen molar-refractivity contribution in [2.45, 2.75) is 262 Å². The predicted octanol–water partition coefficient (Wildman–Crippen LogP) is 12.3. The second kappa shape index (κ2) is 54.7. The van der Waals surface area contributed by atoms with Crippen LogP contribution >= 0.6 is 23.5 Å². The summed E-state index contributed by atoms with van der Waals surface area (Å²) in [7, 11) is -15.8. The lowest BCUT2D eigenvalue weighted by Crippen LogP contribution is -2.38. The van der Waals surface area contributed by atoms with E-state index in [2.05, 4.69) is 116 Å². The molecule has 1 fully saturated rings. The highest BCUT2D eigenvalue weighted by molar-refractivity contribution is 7.66. The monoisotopic (exact) mass is 1250 g/mol. The number of hydrogen-bond donors (Lipinski definition) is 7. The van der Waals surface area contributed by atoms with E-state index in [0.717, 1.165) is 13.2 Å². The number of unbranched alkanes of at least 4 members (excludes halogenated alkanes) is 12. The van der Waals surface area contributed by atoms with E-state index in [1.807, 2.05) is 4.98 Å². The lowest BCUT2D eigenvalue weighted by atomic mass is 10.1. The van der Waals surface area contributed by atoms with Crippen molar-refractivity contribution in [1.29, 1.82) is 0 Å². The minimum absolute atomic E-state index is 0.362. The van der Waals surface area contributed by atoms with Crippen molar-refractivity contribution in [3.63, 3.8) is 0 Å². The summed E-state index contributed by atoms with van der Waals surface area (Å²) in [6.45, 7) is 42.0. The number of nitrogens with one attached hydrogen (secondary N) is 1. The molecule has 1 aromatic rings. The van der Waals surface area contributed by atoms with Crippen molar-refractivity contribution < 1.29 is 66.1 Å². The van der Waals surface area contributed by atoms with Gasteiger partial charge in [-0.05, 0) is 156 Å². The van der Waals surface area contributed by atoms with Crippen LogP contribution in [0.15, 0.2) is 15.7 Å². The molecule has 1 aliphatic rings. The Morgan fingerprint density at radius 1 is 0.470 bits per heavy atom. The van der Waals surface area contributed by atoms with Gasteiger partial charge in [-0.25, -0.2) is 23.1 Å². The second-order valence-electron chi connectivity index (χ2n) is 21.4. The minimum Gasteiger partial charge on any atom is -0.482 e. The van der Waals surface area contributed by atoms with Crippen LogP contribution in [0, 0.1) is 0 Å². The van der Waals surface area contributed by atoms with Crippen LogP contribution in [0.3, 0.4) is 0 Å². The molecule has 22 nitrogen and oxygen atoms in total. The molecule has 2 unspecified atom stereocenters. The van der Waals surface area contributed by atoms with Crippen LogP contribution < -0.4 is 16.0 Å². The van der Waals surface area contributed by atoms with Gasteiger partial charge in [-0.2, -0.15) is 8.62 Å². The molecule has 2 rings (SSSR count). The molecule has 0 amide bonds. The summed E-state index contributed by atoms with van der Waals surface area (Å²) in [5.74, 6) is -0.362. The van der Waals surface area contributed by atoms with Crippen molar-refractivity contribution in [1.82, 2.24) is 29.2 Å². The van der Waals surface area contributed by atoms with Crippen LogP contribution in [0.5, 0.6) is 5.88 Å². The van der Waals surface area contributed by atoms with Crippen molar-refractivity contribution >= 4 is 23.5 Å². The lowest BCUT2D eigenvalue weighted by Gasteiger charge is -2.21. The van der Waals surface area contributed by atoms with Gasteiger partial charge in [0.2, 0.25) is 5.88 Å². The summed E-state index contributed by atoms with van der Waals surface area (Å²) in [6, 6.07) is 0.837. The van der Waals surface area contributed by atoms with E-state index in [9.17, 15) is 38.4 Å². The van der Waals surface area contributed by atoms with E-state index in [-0.39, 0.29) is 5.88 Å². The molecular weight excluding hydrogens is 1130 g/mol. The largest absolute Gasteiger partial charge is 0.490 e. The van der Waals surface area contributed by atoms with Crippen molar-refractivity contribution in [2.24, 2.45) is 0 Å². The van der Waals surface area contributed by atoms with E-state index >= 15 is 0 Å². The number of nitrogens with zero attached hydrogens (tertiary/aromatic N) is 5. The first-order valence-electron chi connectivity index (χ1n) is 32.0. The molecule has 0 bridgehead atoms. The van der Waals surface area contributed by atoms with Gasteiger partial charge in [-0.3, -0.25) is 14.3 Å². The number of rotatable bonds is 45. The Morgan fingerprint density at radius 2 is 0.747 bits per heavy atom. The van der Waals surface area contributed by atoms with E-state index in [4.69, 9.17) is 24.2 Å². The third-order valence-electron chi connectivity index (χ3n) is 13.5. The standard InChI is InChI=1S/4C12H27N.C10H17N2O16P3/c4*1-4-7-10-13(11-8-5-2)12-9-6-3;1-24-6-2-5(13)11-10(16)12(6)9-8(15)7(14)4(26-9)3-25-30(20,21)28-31(22,23)27-29(17,18)19/h4*4-12H2,1-3H3;2,4,7-9,14-15H,3H2,1H3,(H,20,21)(H,22,23)(H,11,13,16)(H2,17,18,19)/t;;;;4-,7-,8-,9-/m....1/s1. The van der Waals surface area contributed by atoms with Gasteiger partial charge in [0.05, 0.1) is 19.8 Å². The summed E-state index contributed by atoms with van der Waals surface area (Å²) < 4.78 is 55.6. The van der Waals surface area contributed by atoms with E-state index in [0.29, 0.717) is 4.57 Å². The zero-order valence-electron chi connectivity index (χ0n) is 54.4. The second-order valence-corrected chi connectivity index (χ2v) is 25.8. The molecule has 0 aliphatic carbocycles. The quantitative estimate of drug-likeness (QED) is 0.0299. The fraction of sp³-hybridized carbons (Fsp3) is 0.931. The Balaban J connectivity index is -0.00000104. The highest BCUT2D eigenvalue weighted by atomic mass is 31.3. The molecule has 0 spiro atoms. The first-order valence-corrected chi connectivity index (χ1v) is 36.5. The molecule has 1 saturated heterocycles. The predicted molar refractivity (Wildman–Crippen MR) is 338 cm³/mol. The van der Waals surface area contributed by atoms with Crippen LogP contribution in [0.2, 0.25) is 0 Å². The van der Waals surface area contributed by atoms with Gasteiger partial charge in [0, 0.05) is 0 Å². The number of phosphoric ester groups is 1. The topological polar surface area (TPSA) is 287 Å². The van der Waals surface area contributed by atoms with Crippen molar-refractivity contribution in [2.75, 3.05) is 92.3 Å². The molecule has 0 aromatic carbocycles. The van der Waals surface area contributed by atoms with Gasteiger partial charge in [0.15, 0.2) is 6.23 Å². The maximum absolute atomic E-state index is 12.0. The number of aromatic nitrogens is 2. The molecule has 25 heteroatoms. The number of H-pyrrole nitrogens is 1. The van der Waals surface area contributed by atoms with E-state index < -0.39 is 65.9 Å². The van der Waals surface area contributed by atoms with Crippen LogP contribution in [0.1, 0.15) is 243 Å². The zero-order chi connectivity index (χ0) is 63.5. The highest BCUT2D eigenvalue weighted by Crippen LogP contribution is 2.66. The summed E-state index contributed by atoms with van der Waals surface area (Å²) in [5, 5.41) is 20.2. The number of ether oxygens (including phenoxy) is 2. The Bertz CT molecular complexity index is 1730. The number of phosphoric acid groups is 3. The maximum atomic E-state index is 12.0. The van der Waals surface area contributed by atoms with E-state index in [1.165, 1.54) is 233 Å². The molecular formula is C58H125N6O16P3. The maximum Gasteiger partial charge on any atom is 0.490 e. The normalized spacial score (nSPS) is 17.4. The number of aromatic amines is 1. The number of hydrogen-bond acceptors (Lipinski definition) is 16. The van der Waals surface area contributed by atoms with Gasteiger partial charge in [0.25, 0.3) is 5.56 Å². The Labute approximate surface area is 503 Å². The summed E-state index contributed by atoms with van der Waals surface area (Å²) in [4.78, 5) is 71.2. The Kier molecular flexibility index (Phi) is 56.6. The average Bonchev–Trinajstić information content (AvgIpc) is 3.98.